The molecule has 0 atom stereocenters. The number of hydrogen-bond donors (Lipinski definition) is 2. The van der Waals surface area contributed by atoms with Gasteiger partial charge in [-0.3, -0.25) is 4.79 Å². The maximum absolute atomic E-state index is 12.7. The average molecular weight is 412 g/mol. The molecule has 0 saturated carbocycles. The molecular weight excluding hydrogens is 386 g/mol. The fourth-order valence-electron chi connectivity index (χ4n) is 3.09. The maximum Gasteiger partial charge on any atom is 0.253 e. The Kier molecular flexibility index (Phi) is 6.72. The zero-order valence-electron chi connectivity index (χ0n) is 16.8. The SMILES string of the molecule is CCNC(=S)N(Cc1ccc(OC)cc1)Cc1cc2ccc(OC)cc2[nH]c1=O. The number of nitrogens with zero attached hydrogens (tertiary/aromatic N) is 1. The number of aromatic nitrogens is 1. The lowest BCUT2D eigenvalue weighted by Crippen LogP contribution is -2.39. The smallest absolute Gasteiger partial charge is 0.253 e. The van der Waals surface area contributed by atoms with Crippen molar-refractivity contribution >= 4 is 28.2 Å². The van der Waals surface area contributed by atoms with Gasteiger partial charge in [0.1, 0.15) is 11.5 Å². The molecule has 0 radical (unpaired) electrons. The summed E-state index contributed by atoms with van der Waals surface area (Å²) in [5, 5.41) is 4.74. The van der Waals surface area contributed by atoms with Crippen molar-refractivity contribution in [2.24, 2.45) is 0 Å². The number of benzene rings is 2. The van der Waals surface area contributed by atoms with Crippen molar-refractivity contribution in [3.8, 4) is 11.5 Å². The van der Waals surface area contributed by atoms with Crippen LogP contribution in [0.15, 0.2) is 53.3 Å². The van der Waals surface area contributed by atoms with E-state index in [0.29, 0.717) is 36.1 Å². The van der Waals surface area contributed by atoms with E-state index in [4.69, 9.17) is 21.7 Å². The number of thiocarbonyl (C=S) groups is 1. The van der Waals surface area contributed by atoms with Crippen LogP contribution in [0.2, 0.25) is 0 Å². The van der Waals surface area contributed by atoms with Crippen LogP contribution >= 0.6 is 12.2 Å². The number of pyridine rings is 1. The molecule has 1 aromatic heterocycles. The summed E-state index contributed by atoms with van der Waals surface area (Å²) in [6, 6.07) is 15.4. The number of hydrogen-bond acceptors (Lipinski definition) is 4. The van der Waals surface area contributed by atoms with Gasteiger partial charge in [0.15, 0.2) is 5.11 Å². The molecule has 1 heterocycles. The highest BCUT2D eigenvalue weighted by Crippen LogP contribution is 2.20. The molecule has 152 valence electrons. The summed E-state index contributed by atoms with van der Waals surface area (Å²) >= 11 is 5.55. The first-order valence-corrected chi connectivity index (χ1v) is 9.80. The number of nitrogens with one attached hydrogen (secondary N) is 2. The van der Waals surface area contributed by atoms with Crippen molar-refractivity contribution in [2.45, 2.75) is 20.0 Å². The zero-order valence-corrected chi connectivity index (χ0v) is 17.6. The Labute approximate surface area is 175 Å². The molecule has 0 unspecified atom stereocenters. The zero-order chi connectivity index (χ0) is 20.8. The molecule has 0 aliphatic heterocycles. The number of aromatic amines is 1. The van der Waals surface area contributed by atoms with E-state index in [-0.39, 0.29) is 5.56 Å². The van der Waals surface area contributed by atoms with Crippen LogP contribution in [0.3, 0.4) is 0 Å². The normalized spacial score (nSPS) is 10.6. The lowest BCUT2D eigenvalue weighted by atomic mass is 10.1. The van der Waals surface area contributed by atoms with Crippen molar-refractivity contribution in [1.82, 2.24) is 15.2 Å². The summed E-state index contributed by atoms with van der Waals surface area (Å²) < 4.78 is 10.5. The minimum atomic E-state index is -0.134. The third kappa shape index (κ3) is 5.06. The first-order valence-electron chi connectivity index (χ1n) is 9.39. The van der Waals surface area contributed by atoms with E-state index in [2.05, 4.69) is 10.3 Å². The molecule has 6 nitrogen and oxygen atoms in total. The predicted molar refractivity (Wildman–Crippen MR) is 120 cm³/mol. The summed E-state index contributed by atoms with van der Waals surface area (Å²) in [5.74, 6) is 1.51. The number of rotatable bonds is 7. The van der Waals surface area contributed by atoms with Crippen LogP contribution in [0.5, 0.6) is 11.5 Å². The van der Waals surface area contributed by atoms with Crippen molar-refractivity contribution in [3.05, 3.63) is 70.0 Å². The molecule has 0 fully saturated rings. The molecule has 0 spiro atoms. The summed E-state index contributed by atoms with van der Waals surface area (Å²) in [6.45, 7) is 3.69. The lowest BCUT2D eigenvalue weighted by Gasteiger charge is -2.26. The molecule has 29 heavy (non-hydrogen) atoms. The Morgan fingerprint density at radius 2 is 1.72 bits per heavy atom. The lowest BCUT2D eigenvalue weighted by molar-refractivity contribution is 0.396. The van der Waals surface area contributed by atoms with Crippen LogP contribution in [-0.2, 0) is 13.1 Å². The Morgan fingerprint density at radius 3 is 2.38 bits per heavy atom. The molecule has 3 rings (SSSR count). The van der Waals surface area contributed by atoms with Crippen molar-refractivity contribution in [3.63, 3.8) is 0 Å². The Morgan fingerprint density at radius 1 is 1.03 bits per heavy atom. The van der Waals surface area contributed by atoms with Crippen molar-refractivity contribution in [2.75, 3.05) is 20.8 Å². The number of H-pyrrole nitrogens is 1. The molecule has 0 bridgehead atoms. The summed E-state index contributed by atoms with van der Waals surface area (Å²) in [7, 11) is 3.25. The highest BCUT2D eigenvalue weighted by Gasteiger charge is 2.14. The van der Waals surface area contributed by atoms with Crippen LogP contribution in [0.25, 0.3) is 10.9 Å². The summed E-state index contributed by atoms with van der Waals surface area (Å²) in [6.07, 6.45) is 0. The van der Waals surface area contributed by atoms with Crippen molar-refractivity contribution < 1.29 is 9.47 Å². The first-order chi connectivity index (χ1) is 14.0. The molecule has 0 saturated heterocycles. The van der Waals surface area contributed by atoms with E-state index in [1.54, 1.807) is 14.2 Å². The van der Waals surface area contributed by atoms with Gasteiger partial charge in [0.2, 0.25) is 0 Å². The monoisotopic (exact) mass is 411 g/mol. The van der Waals surface area contributed by atoms with E-state index in [1.807, 2.05) is 60.4 Å². The van der Waals surface area contributed by atoms with Crippen LogP contribution in [0.1, 0.15) is 18.1 Å². The molecule has 7 heteroatoms. The Hall–Kier alpha value is -3.06. The van der Waals surface area contributed by atoms with Crippen LogP contribution in [0.4, 0.5) is 0 Å². The maximum atomic E-state index is 12.7. The van der Waals surface area contributed by atoms with E-state index in [0.717, 1.165) is 22.2 Å². The average Bonchev–Trinajstić information content (AvgIpc) is 2.74. The molecule has 2 aromatic carbocycles. The van der Waals surface area contributed by atoms with Gasteiger partial charge in [0, 0.05) is 24.7 Å². The minimum Gasteiger partial charge on any atom is -0.497 e. The third-order valence-electron chi connectivity index (χ3n) is 4.64. The summed E-state index contributed by atoms with van der Waals surface area (Å²) in [5.41, 5.74) is 2.34. The van der Waals surface area contributed by atoms with Gasteiger partial charge in [-0.15, -0.1) is 0 Å². The van der Waals surface area contributed by atoms with E-state index in [9.17, 15) is 4.79 Å². The second-order valence-electron chi connectivity index (χ2n) is 6.62. The topological polar surface area (TPSA) is 66.6 Å². The van der Waals surface area contributed by atoms with E-state index < -0.39 is 0 Å². The van der Waals surface area contributed by atoms with Crippen molar-refractivity contribution in [1.29, 1.82) is 0 Å². The molecule has 2 N–H and O–H groups in total. The molecule has 0 aliphatic rings. The van der Waals surface area contributed by atoms with Crippen LogP contribution < -0.4 is 20.3 Å². The van der Waals surface area contributed by atoms with Gasteiger partial charge in [-0.2, -0.15) is 0 Å². The largest absolute Gasteiger partial charge is 0.497 e. The fraction of sp³-hybridized carbons (Fsp3) is 0.273. The van der Waals surface area contributed by atoms with E-state index in [1.165, 1.54) is 0 Å². The standard InChI is InChI=1S/C22H25N3O3S/c1-4-23-22(29)25(13-15-5-8-18(27-2)9-6-15)14-17-11-16-7-10-19(28-3)12-20(16)24-21(17)26/h5-12H,4,13-14H2,1-3H3,(H,23,29)(H,24,26). The highest BCUT2D eigenvalue weighted by atomic mass is 32.1. The third-order valence-corrected chi connectivity index (χ3v) is 5.04. The number of methoxy groups -OCH3 is 2. The Balaban J connectivity index is 1.89. The quantitative estimate of drug-likeness (QED) is 0.581. The number of ether oxygens (including phenoxy) is 2. The molecule has 0 aliphatic carbocycles. The van der Waals surface area contributed by atoms with Gasteiger partial charge in [0.25, 0.3) is 5.56 Å². The van der Waals surface area contributed by atoms with Crippen LogP contribution in [-0.4, -0.2) is 35.8 Å². The second kappa shape index (κ2) is 9.43. The molecule has 0 amide bonds. The van der Waals surface area contributed by atoms with Gasteiger partial charge in [-0.1, -0.05) is 12.1 Å². The highest BCUT2D eigenvalue weighted by molar-refractivity contribution is 7.80. The Bertz CT molecular complexity index is 1050. The minimum absolute atomic E-state index is 0.134. The van der Waals surface area contributed by atoms with Gasteiger partial charge in [-0.25, -0.2) is 0 Å². The first kappa shape index (κ1) is 20.7. The second-order valence-corrected chi connectivity index (χ2v) is 7.00. The molecular formula is C22H25N3O3S. The fourth-order valence-corrected chi connectivity index (χ4v) is 3.36. The van der Waals surface area contributed by atoms with Crippen LogP contribution in [0, 0.1) is 0 Å². The molecule has 3 aromatic rings. The summed E-state index contributed by atoms with van der Waals surface area (Å²) in [4.78, 5) is 17.6. The van der Waals surface area contributed by atoms with Gasteiger partial charge in [-0.05, 0) is 60.4 Å². The van der Waals surface area contributed by atoms with Gasteiger partial charge >= 0.3 is 0 Å². The van der Waals surface area contributed by atoms with Gasteiger partial charge < -0.3 is 24.7 Å². The van der Waals surface area contributed by atoms with Gasteiger partial charge in [0.05, 0.1) is 26.3 Å². The number of fused-ring (bicyclic) bond motifs is 1. The predicted octanol–water partition coefficient (Wildman–Crippen LogP) is 3.44. The van der Waals surface area contributed by atoms with E-state index >= 15 is 0 Å².